The van der Waals surface area contributed by atoms with E-state index in [1.165, 1.54) is 0 Å². The van der Waals surface area contributed by atoms with Gasteiger partial charge in [-0.05, 0) is 25.3 Å². The highest BCUT2D eigenvalue weighted by atomic mass is 16.2. The van der Waals surface area contributed by atoms with Crippen molar-refractivity contribution in [1.82, 2.24) is 15.1 Å². The van der Waals surface area contributed by atoms with Crippen molar-refractivity contribution in [2.24, 2.45) is 5.92 Å². The van der Waals surface area contributed by atoms with E-state index in [0.29, 0.717) is 18.9 Å². The Hall–Kier alpha value is -1.10. The van der Waals surface area contributed by atoms with E-state index in [0.717, 1.165) is 32.5 Å². The Morgan fingerprint density at radius 2 is 2.17 bits per heavy atom. The van der Waals surface area contributed by atoms with Crippen molar-refractivity contribution >= 4 is 11.8 Å². The third-order valence-electron chi connectivity index (χ3n) is 4.61. The second-order valence-electron chi connectivity index (χ2n) is 5.76. The fourth-order valence-electron chi connectivity index (χ4n) is 3.43. The van der Waals surface area contributed by atoms with E-state index in [9.17, 15) is 9.59 Å². The van der Waals surface area contributed by atoms with Gasteiger partial charge in [0, 0.05) is 32.1 Å². The van der Waals surface area contributed by atoms with Gasteiger partial charge in [0.2, 0.25) is 11.8 Å². The molecule has 3 atom stereocenters. The Bertz CT molecular complexity index is 371. The van der Waals surface area contributed by atoms with Gasteiger partial charge >= 0.3 is 0 Å². The minimum absolute atomic E-state index is 0.00588. The van der Waals surface area contributed by atoms with Gasteiger partial charge in [-0.3, -0.25) is 9.59 Å². The molecule has 3 saturated heterocycles. The van der Waals surface area contributed by atoms with E-state index in [1.54, 1.807) is 0 Å². The maximum absolute atomic E-state index is 12.4. The monoisotopic (exact) mass is 251 g/mol. The molecule has 0 aromatic carbocycles. The van der Waals surface area contributed by atoms with Gasteiger partial charge in [0.05, 0.1) is 6.04 Å². The van der Waals surface area contributed by atoms with E-state index in [2.05, 4.69) is 12.2 Å². The summed E-state index contributed by atoms with van der Waals surface area (Å²) in [6.07, 6.45) is 2.65. The molecule has 0 spiro atoms. The number of hydrogen-bond donors (Lipinski definition) is 1. The first-order valence-corrected chi connectivity index (χ1v) is 6.98. The molecule has 2 amide bonds. The number of fused-ring (bicyclic) bond motifs is 1. The molecular weight excluding hydrogens is 230 g/mol. The molecule has 3 heterocycles. The number of amides is 2. The maximum Gasteiger partial charge on any atom is 0.240 e. The highest BCUT2D eigenvalue weighted by molar-refractivity contribution is 5.84. The molecule has 0 bridgehead atoms. The van der Waals surface area contributed by atoms with Gasteiger partial charge in [-0.2, -0.15) is 0 Å². The van der Waals surface area contributed by atoms with Crippen molar-refractivity contribution < 1.29 is 9.59 Å². The largest absolute Gasteiger partial charge is 0.337 e. The van der Waals surface area contributed by atoms with Crippen LogP contribution in [-0.2, 0) is 9.59 Å². The molecule has 0 saturated carbocycles. The lowest BCUT2D eigenvalue weighted by atomic mass is 10.0. The third-order valence-corrected chi connectivity index (χ3v) is 4.61. The normalized spacial score (nSPS) is 36.1. The highest BCUT2D eigenvalue weighted by Gasteiger charge is 2.40. The topological polar surface area (TPSA) is 52.7 Å². The summed E-state index contributed by atoms with van der Waals surface area (Å²) in [7, 11) is 0. The first-order chi connectivity index (χ1) is 8.66. The Balaban J connectivity index is 1.64. The van der Waals surface area contributed by atoms with Crippen LogP contribution in [-0.4, -0.2) is 59.9 Å². The molecule has 5 nitrogen and oxygen atoms in total. The molecule has 3 rings (SSSR count). The average Bonchev–Trinajstić information content (AvgIpc) is 2.95. The summed E-state index contributed by atoms with van der Waals surface area (Å²) in [5.41, 5.74) is 0. The van der Waals surface area contributed by atoms with Crippen LogP contribution in [0.3, 0.4) is 0 Å². The smallest absolute Gasteiger partial charge is 0.240 e. The van der Waals surface area contributed by atoms with Crippen LogP contribution >= 0.6 is 0 Å². The van der Waals surface area contributed by atoms with Crippen LogP contribution in [0, 0.1) is 5.92 Å². The molecule has 0 aromatic heterocycles. The quantitative estimate of drug-likeness (QED) is 0.703. The molecule has 0 aliphatic carbocycles. The summed E-state index contributed by atoms with van der Waals surface area (Å²) in [6.45, 7) is 5.23. The van der Waals surface area contributed by atoms with Crippen LogP contribution in [0.15, 0.2) is 0 Å². The maximum atomic E-state index is 12.4. The fraction of sp³-hybridized carbons (Fsp3) is 0.846. The van der Waals surface area contributed by atoms with Gasteiger partial charge in [-0.15, -0.1) is 0 Å². The number of piperazine rings is 1. The van der Waals surface area contributed by atoms with Crippen LogP contribution in [0.1, 0.15) is 26.2 Å². The van der Waals surface area contributed by atoms with Gasteiger partial charge in [-0.1, -0.05) is 6.92 Å². The van der Waals surface area contributed by atoms with Gasteiger partial charge in [-0.25, -0.2) is 0 Å². The van der Waals surface area contributed by atoms with Gasteiger partial charge in [0.1, 0.15) is 0 Å². The van der Waals surface area contributed by atoms with E-state index >= 15 is 0 Å². The van der Waals surface area contributed by atoms with Crippen LogP contribution in [0.2, 0.25) is 0 Å². The lowest BCUT2D eigenvalue weighted by molar-refractivity contribution is -0.140. The zero-order chi connectivity index (χ0) is 12.7. The lowest BCUT2D eigenvalue weighted by Crippen LogP contribution is -2.57. The summed E-state index contributed by atoms with van der Waals surface area (Å²) in [5, 5.41) is 3.30. The Morgan fingerprint density at radius 3 is 2.89 bits per heavy atom. The van der Waals surface area contributed by atoms with Crippen molar-refractivity contribution in [3.63, 3.8) is 0 Å². The van der Waals surface area contributed by atoms with Crippen molar-refractivity contribution in [2.45, 2.75) is 38.3 Å². The Kier molecular flexibility index (Phi) is 3.01. The van der Waals surface area contributed by atoms with E-state index in [-0.39, 0.29) is 23.9 Å². The molecule has 18 heavy (non-hydrogen) atoms. The van der Waals surface area contributed by atoms with Gasteiger partial charge in [0.15, 0.2) is 0 Å². The minimum Gasteiger partial charge on any atom is -0.337 e. The number of rotatable bonds is 1. The van der Waals surface area contributed by atoms with Crippen LogP contribution in [0.4, 0.5) is 0 Å². The molecular formula is C13H21N3O2. The highest BCUT2D eigenvalue weighted by Crippen LogP contribution is 2.24. The summed E-state index contributed by atoms with van der Waals surface area (Å²) >= 11 is 0. The Labute approximate surface area is 107 Å². The van der Waals surface area contributed by atoms with E-state index in [1.807, 2.05) is 9.80 Å². The zero-order valence-corrected chi connectivity index (χ0v) is 10.9. The molecule has 1 N–H and O–H groups in total. The van der Waals surface area contributed by atoms with Crippen molar-refractivity contribution in [2.75, 3.05) is 26.2 Å². The Morgan fingerprint density at radius 1 is 1.33 bits per heavy atom. The van der Waals surface area contributed by atoms with Crippen molar-refractivity contribution in [1.29, 1.82) is 0 Å². The van der Waals surface area contributed by atoms with Crippen LogP contribution in [0.5, 0.6) is 0 Å². The number of nitrogens with one attached hydrogen (secondary N) is 1. The molecule has 3 aliphatic rings. The van der Waals surface area contributed by atoms with Crippen molar-refractivity contribution in [3.8, 4) is 0 Å². The summed E-state index contributed by atoms with van der Waals surface area (Å²) in [4.78, 5) is 28.0. The molecule has 3 unspecified atom stereocenters. The van der Waals surface area contributed by atoms with Crippen LogP contribution in [0.25, 0.3) is 0 Å². The average molecular weight is 251 g/mol. The zero-order valence-electron chi connectivity index (χ0n) is 10.9. The molecule has 5 heteroatoms. The summed E-state index contributed by atoms with van der Waals surface area (Å²) < 4.78 is 0. The molecule has 100 valence electrons. The van der Waals surface area contributed by atoms with Crippen LogP contribution < -0.4 is 5.32 Å². The first kappa shape index (κ1) is 12.0. The lowest BCUT2D eigenvalue weighted by Gasteiger charge is -2.39. The number of nitrogens with zero attached hydrogens (tertiary/aromatic N) is 2. The molecule has 0 radical (unpaired) electrons. The first-order valence-electron chi connectivity index (χ1n) is 6.98. The number of carbonyl (C=O) groups is 2. The second kappa shape index (κ2) is 4.53. The van der Waals surface area contributed by atoms with Crippen molar-refractivity contribution in [3.05, 3.63) is 0 Å². The third kappa shape index (κ3) is 1.90. The standard InChI is InChI=1S/C13H21N3O2/c1-9-4-5-14-12(9)13(18)15-6-7-16-10(8-15)2-3-11(16)17/h9-10,12,14H,2-8H2,1H3. The molecule has 0 aromatic rings. The van der Waals surface area contributed by atoms with E-state index < -0.39 is 0 Å². The predicted octanol–water partition coefficient (Wildman–Crippen LogP) is -0.182. The SMILES string of the molecule is CC1CCNC1C(=O)N1CCN2C(=O)CCC2C1. The molecule has 3 fully saturated rings. The second-order valence-corrected chi connectivity index (χ2v) is 5.76. The van der Waals surface area contributed by atoms with Gasteiger partial charge < -0.3 is 15.1 Å². The summed E-state index contributed by atoms with van der Waals surface area (Å²) in [6, 6.07) is 0.264. The summed E-state index contributed by atoms with van der Waals surface area (Å²) in [5.74, 6) is 0.930. The number of hydrogen-bond acceptors (Lipinski definition) is 3. The predicted molar refractivity (Wildman–Crippen MR) is 66.9 cm³/mol. The van der Waals surface area contributed by atoms with Gasteiger partial charge in [0.25, 0.3) is 0 Å². The fourth-order valence-corrected chi connectivity index (χ4v) is 3.43. The number of carbonyl (C=O) groups excluding carboxylic acids is 2. The molecule has 3 aliphatic heterocycles. The van der Waals surface area contributed by atoms with E-state index in [4.69, 9.17) is 0 Å². The minimum atomic E-state index is -0.00588.